The van der Waals surface area contributed by atoms with Gasteiger partial charge in [0.05, 0.1) is 6.04 Å². The van der Waals surface area contributed by atoms with E-state index in [-0.39, 0.29) is 11.3 Å². The number of allylic oxidation sites excluding steroid dienone is 1. The van der Waals surface area contributed by atoms with Gasteiger partial charge >= 0.3 is 0 Å². The standard InChI is InChI=1S/C15H21NO3S/c1-3-4-5-6-7-12-10-20-15(18)16(12)14-9-8-13(19-14)11(2)17/h5-6,8-9,11-12,17H,3-4,7,10H2,1-2H3/b6-5-/t11?,12-/m0/s1. The van der Waals surface area contributed by atoms with E-state index in [9.17, 15) is 9.90 Å². The summed E-state index contributed by atoms with van der Waals surface area (Å²) < 4.78 is 5.57. The molecule has 4 nitrogen and oxygen atoms in total. The summed E-state index contributed by atoms with van der Waals surface area (Å²) in [4.78, 5) is 13.7. The lowest BCUT2D eigenvalue weighted by molar-refractivity contribution is 0.170. The molecule has 1 aliphatic heterocycles. The number of thioether (sulfide) groups is 1. The number of rotatable bonds is 6. The summed E-state index contributed by atoms with van der Waals surface area (Å²) in [5, 5.41) is 9.52. The van der Waals surface area contributed by atoms with Gasteiger partial charge in [-0.3, -0.25) is 9.69 Å². The zero-order valence-corrected chi connectivity index (χ0v) is 12.7. The maximum Gasteiger partial charge on any atom is 0.288 e. The van der Waals surface area contributed by atoms with Crippen molar-refractivity contribution in [3.05, 3.63) is 30.0 Å². The van der Waals surface area contributed by atoms with Crippen molar-refractivity contribution in [2.75, 3.05) is 10.7 Å². The van der Waals surface area contributed by atoms with Gasteiger partial charge in [-0.25, -0.2) is 0 Å². The smallest absolute Gasteiger partial charge is 0.288 e. The molecule has 0 aliphatic carbocycles. The first-order chi connectivity index (χ1) is 9.63. The van der Waals surface area contributed by atoms with Gasteiger partial charge in [0.1, 0.15) is 11.9 Å². The average molecular weight is 295 g/mol. The first kappa shape index (κ1) is 15.2. The minimum absolute atomic E-state index is 0.0189. The Morgan fingerprint density at radius 1 is 1.55 bits per heavy atom. The van der Waals surface area contributed by atoms with Crippen molar-refractivity contribution in [2.24, 2.45) is 0 Å². The molecule has 1 N–H and O–H groups in total. The van der Waals surface area contributed by atoms with Crippen molar-refractivity contribution >= 4 is 22.9 Å². The molecule has 110 valence electrons. The molecule has 1 unspecified atom stereocenters. The monoisotopic (exact) mass is 295 g/mol. The third-order valence-electron chi connectivity index (χ3n) is 3.25. The van der Waals surface area contributed by atoms with Crippen molar-refractivity contribution in [3.63, 3.8) is 0 Å². The summed E-state index contributed by atoms with van der Waals surface area (Å²) in [6.07, 6.45) is 6.68. The fraction of sp³-hybridized carbons (Fsp3) is 0.533. The molecule has 5 heteroatoms. The minimum Gasteiger partial charge on any atom is -0.442 e. The summed E-state index contributed by atoms with van der Waals surface area (Å²) in [6, 6.07) is 3.61. The number of nitrogens with zero attached hydrogens (tertiary/aromatic N) is 1. The molecule has 0 aromatic carbocycles. The Kier molecular flexibility index (Phi) is 5.31. The van der Waals surface area contributed by atoms with Crippen molar-refractivity contribution in [3.8, 4) is 0 Å². The average Bonchev–Trinajstić information content (AvgIpc) is 3.01. The number of anilines is 1. The van der Waals surface area contributed by atoms with E-state index in [1.807, 2.05) is 0 Å². The molecule has 0 bridgehead atoms. The number of hydrogen-bond acceptors (Lipinski definition) is 4. The Morgan fingerprint density at radius 3 is 3.00 bits per heavy atom. The van der Waals surface area contributed by atoms with E-state index in [1.54, 1.807) is 24.0 Å². The van der Waals surface area contributed by atoms with Crippen LogP contribution in [0.5, 0.6) is 0 Å². The molecule has 1 aromatic rings. The zero-order chi connectivity index (χ0) is 14.5. The first-order valence-corrected chi connectivity index (χ1v) is 8.00. The highest BCUT2D eigenvalue weighted by Crippen LogP contribution is 2.34. The Hall–Kier alpha value is -1.20. The predicted molar refractivity (Wildman–Crippen MR) is 82.1 cm³/mol. The van der Waals surface area contributed by atoms with Crippen molar-refractivity contribution < 1.29 is 14.3 Å². The molecule has 1 amide bonds. The van der Waals surface area contributed by atoms with E-state index in [2.05, 4.69) is 19.1 Å². The molecule has 1 saturated heterocycles. The lowest BCUT2D eigenvalue weighted by Gasteiger charge is -2.20. The fourth-order valence-electron chi connectivity index (χ4n) is 2.14. The van der Waals surface area contributed by atoms with Gasteiger partial charge < -0.3 is 9.52 Å². The van der Waals surface area contributed by atoms with Gasteiger partial charge in [0.15, 0.2) is 0 Å². The normalized spacial score (nSPS) is 21.1. The fourth-order valence-corrected chi connectivity index (χ4v) is 3.14. The van der Waals surface area contributed by atoms with Crippen LogP contribution in [0.4, 0.5) is 10.7 Å². The predicted octanol–water partition coefficient (Wildman–Crippen LogP) is 4.12. The van der Waals surface area contributed by atoms with E-state index < -0.39 is 6.10 Å². The number of furan rings is 1. The third-order valence-corrected chi connectivity index (χ3v) is 4.25. The summed E-state index contributed by atoms with van der Waals surface area (Å²) in [5.74, 6) is 1.80. The molecular weight excluding hydrogens is 274 g/mol. The number of aliphatic hydroxyl groups is 1. The minimum atomic E-state index is -0.656. The summed E-state index contributed by atoms with van der Waals surface area (Å²) in [6.45, 7) is 3.79. The molecule has 0 saturated carbocycles. The maximum atomic E-state index is 12.0. The summed E-state index contributed by atoms with van der Waals surface area (Å²) in [5.41, 5.74) is 0. The molecule has 20 heavy (non-hydrogen) atoms. The highest BCUT2D eigenvalue weighted by molar-refractivity contribution is 8.14. The molecule has 2 heterocycles. The Morgan fingerprint density at radius 2 is 2.35 bits per heavy atom. The van der Waals surface area contributed by atoms with E-state index in [0.29, 0.717) is 11.6 Å². The third kappa shape index (κ3) is 3.46. The lowest BCUT2D eigenvalue weighted by atomic mass is 10.2. The highest BCUT2D eigenvalue weighted by Gasteiger charge is 2.34. The number of unbranched alkanes of at least 4 members (excludes halogenated alkanes) is 1. The number of hydrogen-bond donors (Lipinski definition) is 1. The summed E-state index contributed by atoms with van der Waals surface area (Å²) >= 11 is 1.32. The van der Waals surface area contributed by atoms with Gasteiger partial charge in [0, 0.05) is 11.8 Å². The number of aliphatic hydroxyl groups excluding tert-OH is 1. The second-order valence-electron chi connectivity index (χ2n) is 4.95. The van der Waals surface area contributed by atoms with Crippen LogP contribution < -0.4 is 4.90 Å². The highest BCUT2D eigenvalue weighted by atomic mass is 32.2. The van der Waals surface area contributed by atoms with Crippen LogP contribution >= 0.6 is 11.8 Å². The van der Waals surface area contributed by atoms with E-state index in [4.69, 9.17) is 4.42 Å². The van der Waals surface area contributed by atoms with Crippen LogP contribution in [0.15, 0.2) is 28.7 Å². The number of carbonyl (C=O) groups is 1. The van der Waals surface area contributed by atoms with E-state index in [0.717, 1.165) is 25.0 Å². The van der Waals surface area contributed by atoms with Crippen LogP contribution in [0.2, 0.25) is 0 Å². The molecule has 2 rings (SSSR count). The Labute approximate surface area is 123 Å². The van der Waals surface area contributed by atoms with Gasteiger partial charge in [-0.2, -0.15) is 0 Å². The molecule has 0 spiro atoms. The number of carbonyl (C=O) groups excluding carboxylic acids is 1. The summed E-state index contributed by atoms with van der Waals surface area (Å²) in [7, 11) is 0. The first-order valence-electron chi connectivity index (χ1n) is 7.02. The van der Waals surface area contributed by atoms with Crippen LogP contribution in [-0.4, -0.2) is 22.1 Å². The topological polar surface area (TPSA) is 53.7 Å². The SMILES string of the molecule is CCC/C=C\C[C@H]1CSC(=O)N1c1ccc(C(C)O)o1. The quantitative estimate of drug-likeness (QED) is 0.802. The van der Waals surface area contributed by atoms with Crippen LogP contribution in [0.3, 0.4) is 0 Å². The molecular formula is C15H21NO3S. The Bertz CT molecular complexity index is 481. The largest absolute Gasteiger partial charge is 0.442 e. The van der Waals surface area contributed by atoms with Gasteiger partial charge in [-0.1, -0.05) is 37.3 Å². The molecule has 1 fully saturated rings. The van der Waals surface area contributed by atoms with Crippen LogP contribution in [-0.2, 0) is 0 Å². The van der Waals surface area contributed by atoms with Crippen LogP contribution in [0, 0.1) is 0 Å². The lowest BCUT2D eigenvalue weighted by Crippen LogP contribution is -2.32. The molecule has 1 aromatic heterocycles. The van der Waals surface area contributed by atoms with Gasteiger partial charge in [-0.15, -0.1) is 0 Å². The second kappa shape index (κ2) is 6.99. The van der Waals surface area contributed by atoms with E-state index >= 15 is 0 Å². The van der Waals surface area contributed by atoms with Gasteiger partial charge in [0.25, 0.3) is 5.24 Å². The molecule has 1 aliphatic rings. The van der Waals surface area contributed by atoms with E-state index in [1.165, 1.54) is 11.8 Å². The van der Waals surface area contributed by atoms with Crippen molar-refractivity contribution in [1.82, 2.24) is 0 Å². The van der Waals surface area contributed by atoms with Crippen molar-refractivity contribution in [1.29, 1.82) is 0 Å². The van der Waals surface area contributed by atoms with Crippen LogP contribution in [0.1, 0.15) is 45.0 Å². The van der Waals surface area contributed by atoms with Crippen LogP contribution in [0.25, 0.3) is 0 Å². The zero-order valence-electron chi connectivity index (χ0n) is 11.9. The molecule has 2 atom stereocenters. The van der Waals surface area contributed by atoms with Gasteiger partial charge in [0.2, 0.25) is 5.88 Å². The maximum absolute atomic E-state index is 12.0. The van der Waals surface area contributed by atoms with Gasteiger partial charge in [-0.05, 0) is 25.8 Å². The van der Waals surface area contributed by atoms with Crippen molar-refractivity contribution in [2.45, 2.75) is 45.3 Å². The Balaban J connectivity index is 2.07. The molecule has 0 radical (unpaired) electrons. The second-order valence-corrected chi connectivity index (χ2v) is 5.92. The number of amides is 1.